The first-order valence-electron chi connectivity index (χ1n) is 12.1. The maximum atomic E-state index is 12.6. The molecule has 9 nitrogen and oxygen atoms in total. The molecule has 2 aromatic heterocycles. The summed E-state index contributed by atoms with van der Waals surface area (Å²) in [6.45, 7) is 2.03. The number of hydrogen-bond acceptors (Lipinski definition) is 8. The van der Waals surface area contributed by atoms with Crippen molar-refractivity contribution in [1.82, 2.24) is 14.5 Å². The highest BCUT2D eigenvalue weighted by molar-refractivity contribution is 6.08. The molecule has 186 valence electrons. The second-order valence-electron chi connectivity index (χ2n) is 8.74. The van der Waals surface area contributed by atoms with Crippen LogP contribution >= 0.6 is 0 Å². The van der Waals surface area contributed by atoms with E-state index in [0.29, 0.717) is 32.1 Å². The third kappa shape index (κ3) is 5.16. The molecule has 2 aliphatic rings. The lowest BCUT2D eigenvalue weighted by atomic mass is 9.97. The maximum Gasteiger partial charge on any atom is 0.351 e. The van der Waals surface area contributed by atoms with Gasteiger partial charge in [0.1, 0.15) is 19.0 Å². The highest BCUT2D eigenvalue weighted by atomic mass is 16.5. The van der Waals surface area contributed by atoms with E-state index in [9.17, 15) is 4.79 Å². The molecule has 0 saturated carbocycles. The zero-order valence-electron chi connectivity index (χ0n) is 20.2. The van der Waals surface area contributed by atoms with Crippen LogP contribution in [0.2, 0.25) is 0 Å². The Bertz CT molecular complexity index is 1360. The SMILES string of the molecule is CN=CC(=CN)c1cccc(COc2ccc3c(c2)CCn2c-3cc(OCC3CCCO3)nc2=O)n1. The van der Waals surface area contributed by atoms with Crippen LogP contribution in [0.1, 0.15) is 29.8 Å². The third-order valence-corrected chi connectivity index (χ3v) is 6.32. The van der Waals surface area contributed by atoms with Gasteiger partial charge in [0, 0.05) is 49.8 Å². The standard InChI is InChI=1S/C27H29N5O4/c1-29-15-19(14-28)24-6-2-4-20(30-24)16-35-21-7-8-23-18(12-21)9-10-32-25(23)13-26(31-27(32)33)36-17-22-5-3-11-34-22/h2,4,6-8,12-15,22H,3,5,9-11,16-17,28H2,1H3. The van der Waals surface area contributed by atoms with Crippen LogP contribution in [0.4, 0.5) is 0 Å². The summed E-state index contributed by atoms with van der Waals surface area (Å²) < 4.78 is 19.2. The number of allylic oxidation sites excluding steroid dienone is 1. The second kappa shape index (κ2) is 10.7. The Morgan fingerprint density at radius 2 is 2.17 bits per heavy atom. The number of nitrogens with two attached hydrogens (primary N) is 1. The van der Waals surface area contributed by atoms with Crippen LogP contribution in [0.3, 0.4) is 0 Å². The molecule has 4 heterocycles. The zero-order chi connectivity index (χ0) is 24.9. The fourth-order valence-electron chi connectivity index (χ4n) is 4.51. The number of aliphatic imine (C=N–C) groups is 1. The maximum absolute atomic E-state index is 12.6. The van der Waals surface area contributed by atoms with E-state index in [-0.39, 0.29) is 11.8 Å². The van der Waals surface area contributed by atoms with Gasteiger partial charge in [-0.05, 0) is 55.2 Å². The molecule has 2 N–H and O–H groups in total. The van der Waals surface area contributed by atoms with E-state index in [1.807, 2.05) is 42.5 Å². The number of benzene rings is 1. The normalized spacial score (nSPS) is 17.1. The van der Waals surface area contributed by atoms with Crippen molar-refractivity contribution in [2.75, 3.05) is 20.3 Å². The Hall–Kier alpha value is -3.98. The fourth-order valence-corrected chi connectivity index (χ4v) is 4.51. The molecule has 3 aromatic rings. The number of fused-ring (bicyclic) bond motifs is 3. The van der Waals surface area contributed by atoms with Gasteiger partial charge in [-0.2, -0.15) is 4.98 Å². The summed E-state index contributed by atoms with van der Waals surface area (Å²) in [6, 6.07) is 13.5. The zero-order valence-corrected chi connectivity index (χ0v) is 20.2. The molecule has 36 heavy (non-hydrogen) atoms. The van der Waals surface area contributed by atoms with Crippen molar-refractivity contribution in [1.29, 1.82) is 0 Å². The number of pyridine rings is 1. The molecule has 0 radical (unpaired) electrons. The van der Waals surface area contributed by atoms with E-state index < -0.39 is 0 Å². The largest absolute Gasteiger partial charge is 0.487 e. The monoisotopic (exact) mass is 487 g/mol. The summed E-state index contributed by atoms with van der Waals surface area (Å²) in [7, 11) is 1.69. The summed E-state index contributed by atoms with van der Waals surface area (Å²) in [6.07, 6.45) is 5.94. The van der Waals surface area contributed by atoms with E-state index in [0.717, 1.165) is 59.0 Å². The number of nitrogens with zero attached hydrogens (tertiary/aromatic N) is 4. The quantitative estimate of drug-likeness (QED) is 0.486. The molecule has 9 heteroatoms. The predicted octanol–water partition coefficient (Wildman–Crippen LogP) is 3.00. The number of hydrogen-bond donors (Lipinski definition) is 1. The van der Waals surface area contributed by atoms with Gasteiger partial charge in [0.05, 0.1) is 23.2 Å². The second-order valence-corrected chi connectivity index (χ2v) is 8.74. The first-order valence-corrected chi connectivity index (χ1v) is 12.1. The summed E-state index contributed by atoms with van der Waals surface area (Å²) in [4.78, 5) is 25.4. The fraction of sp³-hybridized carbons (Fsp3) is 0.333. The molecule has 0 amide bonds. The van der Waals surface area contributed by atoms with Crippen molar-refractivity contribution in [3.8, 4) is 22.9 Å². The van der Waals surface area contributed by atoms with E-state index in [4.69, 9.17) is 19.9 Å². The van der Waals surface area contributed by atoms with Crippen LogP contribution in [-0.2, 0) is 24.3 Å². The summed E-state index contributed by atoms with van der Waals surface area (Å²) >= 11 is 0. The van der Waals surface area contributed by atoms with Gasteiger partial charge >= 0.3 is 5.69 Å². The minimum atomic E-state index is -0.300. The number of aromatic nitrogens is 3. The van der Waals surface area contributed by atoms with Crippen LogP contribution < -0.4 is 20.9 Å². The van der Waals surface area contributed by atoms with Gasteiger partial charge in [-0.15, -0.1) is 0 Å². The average molecular weight is 488 g/mol. The van der Waals surface area contributed by atoms with E-state index in [1.54, 1.807) is 17.8 Å². The number of rotatable bonds is 8. The molecule has 5 rings (SSSR count). The van der Waals surface area contributed by atoms with Crippen LogP contribution in [0.15, 0.2) is 58.5 Å². The first kappa shape index (κ1) is 23.7. The molecular weight excluding hydrogens is 458 g/mol. The van der Waals surface area contributed by atoms with Gasteiger partial charge in [0.2, 0.25) is 5.88 Å². The Balaban J connectivity index is 1.32. The molecule has 0 bridgehead atoms. The van der Waals surface area contributed by atoms with Gasteiger partial charge in [-0.3, -0.25) is 9.56 Å². The molecule has 1 unspecified atom stereocenters. The lowest BCUT2D eigenvalue weighted by molar-refractivity contribution is 0.0661. The van der Waals surface area contributed by atoms with E-state index >= 15 is 0 Å². The number of aryl methyl sites for hydroxylation is 1. The Morgan fingerprint density at radius 1 is 1.25 bits per heavy atom. The molecule has 1 aromatic carbocycles. The van der Waals surface area contributed by atoms with Crippen molar-refractivity contribution in [2.24, 2.45) is 10.7 Å². The highest BCUT2D eigenvalue weighted by Crippen LogP contribution is 2.32. The lowest BCUT2D eigenvalue weighted by Crippen LogP contribution is -2.29. The van der Waals surface area contributed by atoms with Crippen molar-refractivity contribution in [3.05, 3.63) is 76.1 Å². The van der Waals surface area contributed by atoms with Crippen molar-refractivity contribution in [3.63, 3.8) is 0 Å². The molecule has 1 saturated heterocycles. The topological polar surface area (TPSA) is 114 Å². The van der Waals surface area contributed by atoms with E-state index in [1.165, 1.54) is 6.20 Å². The highest BCUT2D eigenvalue weighted by Gasteiger charge is 2.21. The Morgan fingerprint density at radius 3 is 2.97 bits per heavy atom. The van der Waals surface area contributed by atoms with Gasteiger partial charge in [-0.25, -0.2) is 9.78 Å². The third-order valence-electron chi connectivity index (χ3n) is 6.32. The lowest BCUT2D eigenvalue weighted by Gasteiger charge is -2.22. The van der Waals surface area contributed by atoms with Crippen molar-refractivity contribution in [2.45, 2.75) is 38.5 Å². The van der Waals surface area contributed by atoms with Gasteiger partial charge in [-0.1, -0.05) is 6.07 Å². The van der Waals surface area contributed by atoms with Crippen LogP contribution in [-0.4, -0.2) is 47.1 Å². The molecule has 0 aliphatic carbocycles. The minimum absolute atomic E-state index is 0.0606. The van der Waals surface area contributed by atoms with Crippen LogP contribution in [0, 0.1) is 0 Å². The number of ether oxygens (including phenoxy) is 3. The summed E-state index contributed by atoms with van der Waals surface area (Å²) in [5.41, 5.74) is 10.6. The minimum Gasteiger partial charge on any atom is -0.487 e. The van der Waals surface area contributed by atoms with Gasteiger partial charge < -0.3 is 19.9 Å². The van der Waals surface area contributed by atoms with Crippen LogP contribution in [0.25, 0.3) is 16.8 Å². The Labute approximate surface area is 209 Å². The smallest absolute Gasteiger partial charge is 0.351 e. The first-order chi connectivity index (χ1) is 17.6. The van der Waals surface area contributed by atoms with Crippen LogP contribution in [0.5, 0.6) is 11.6 Å². The van der Waals surface area contributed by atoms with Gasteiger partial charge in [0.25, 0.3) is 0 Å². The van der Waals surface area contributed by atoms with Crippen molar-refractivity contribution < 1.29 is 14.2 Å². The molecule has 0 spiro atoms. The van der Waals surface area contributed by atoms with Gasteiger partial charge in [0.15, 0.2) is 0 Å². The molecular formula is C27H29N5O4. The predicted molar refractivity (Wildman–Crippen MR) is 137 cm³/mol. The Kier molecular flexibility index (Phi) is 7.08. The summed E-state index contributed by atoms with van der Waals surface area (Å²) in [5.74, 6) is 1.07. The van der Waals surface area contributed by atoms with Crippen molar-refractivity contribution >= 4 is 11.8 Å². The summed E-state index contributed by atoms with van der Waals surface area (Å²) in [5, 5.41) is 0. The molecule has 1 atom stereocenters. The molecule has 2 aliphatic heterocycles. The average Bonchev–Trinajstić information content (AvgIpc) is 3.43. The van der Waals surface area contributed by atoms with E-state index in [2.05, 4.69) is 15.0 Å². The molecule has 1 fully saturated rings.